The van der Waals surface area contributed by atoms with Crippen LogP contribution >= 0.6 is 33.5 Å². The third-order valence-corrected chi connectivity index (χ3v) is 8.69. The molecule has 0 aromatic heterocycles. The van der Waals surface area contributed by atoms with Crippen LogP contribution in [0.1, 0.15) is 0 Å². The first-order valence-electron chi connectivity index (χ1n) is 7.92. The predicted octanol–water partition coefficient (Wildman–Crippen LogP) is 6.02. The van der Waals surface area contributed by atoms with Crippen molar-refractivity contribution in [3.05, 3.63) is 82.8 Å². The average molecular weight is 459 g/mol. The molecule has 28 heavy (non-hydrogen) atoms. The van der Waals surface area contributed by atoms with Crippen molar-refractivity contribution >= 4 is 43.9 Å². The molecular weight excluding hydrogens is 443 g/mol. The van der Waals surface area contributed by atoms with Crippen LogP contribution in [0.25, 0.3) is 0 Å². The second-order valence-corrected chi connectivity index (χ2v) is 10.4. The quantitative estimate of drug-likeness (QED) is 0.457. The molecule has 9 heteroatoms. The van der Waals surface area contributed by atoms with Crippen LogP contribution in [-0.4, -0.2) is 20.1 Å². The lowest BCUT2D eigenvalue weighted by Gasteiger charge is -2.38. The number of hydrogen-bond acceptors (Lipinski definition) is 4. The summed E-state index contributed by atoms with van der Waals surface area (Å²) in [6.45, 7) is 0. The van der Waals surface area contributed by atoms with Gasteiger partial charge in [-0.25, -0.2) is 0 Å². The molecule has 0 saturated carbocycles. The van der Waals surface area contributed by atoms with Gasteiger partial charge in [-0.15, -0.1) is 0 Å². The first kappa shape index (κ1) is 21.0. The number of rotatable bonds is 6. The second-order valence-electron chi connectivity index (χ2n) is 5.64. The maximum Gasteiger partial charge on any atom is 0.407 e. The highest BCUT2D eigenvalue weighted by Gasteiger charge is 2.37. The zero-order valence-electron chi connectivity index (χ0n) is 14.6. The summed E-state index contributed by atoms with van der Waals surface area (Å²) in [5.74, 6) is 0.594. The normalized spacial score (nSPS) is 12.6. The molecule has 3 rings (SSSR count). The van der Waals surface area contributed by atoms with E-state index in [2.05, 4.69) is 0 Å². The van der Waals surface area contributed by atoms with Crippen molar-refractivity contribution in [2.75, 3.05) is 7.11 Å². The minimum absolute atomic E-state index is 0.481. The number of methoxy groups -OCH3 is 1. The topological polar surface area (TPSA) is 72.8 Å². The van der Waals surface area contributed by atoms with Crippen LogP contribution in [0.5, 0.6) is 5.75 Å². The molecule has 0 radical (unpaired) electrons. The van der Waals surface area contributed by atoms with Gasteiger partial charge in [-0.05, 0) is 83.1 Å². The molecule has 0 aliphatic carbocycles. The highest BCUT2D eigenvalue weighted by atomic mass is 35.5. The highest BCUT2D eigenvalue weighted by Crippen LogP contribution is 2.70. The zero-order valence-corrected chi connectivity index (χ0v) is 17.7. The van der Waals surface area contributed by atoms with Crippen LogP contribution in [0, 0.1) is 0 Å². The van der Waals surface area contributed by atoms with Gasteiger partial charge in [-0.1, -0.05) is 23.2 Å². The summed E-state index contributed by atoms with van der Waals surface area (Å²) >= 11 is 12.0. The lowest BCUT2D eigenvalue weighted by molar-refractivity contribution is 0.401. The molecule has 0 unspecified atom stereocenters. The van der Waals surface area contributed by atoms with E-state index in [1.54, 1.807) is 72.8 Å². The molecule has 3 aromatic rings. The Hall–Kier alpha value is -1.74. The zero-order chi connectivity index (χ0) is 20.4. The van der Waals surface area contributed by atoms with Gasteiger partial charge in [-0.3, -0.25) is 4.55 Å². The first-order chi connectivity index (χ1) is 13.2. The molecule has 0 atom stereocenters. The van der Waals surface area contributed by atoms with Crippen LogP contribution in [0.4, 0.5) is 0 Å². The van der Waals surface area contributed by atoms with Crippen molar-refractivity contribution in [2.24, 2.45) is 0 Å². The molecule has 1 N–H and O–H groups in total. The fourth-order valence-electron chi connectivity index (χ4n) is 2.67. The van der Waals surface area contributed by atoms with Gasteiger partial charge in [0.15, 0.2) is 0 Å². The van der Waals surface area contributed by atoms with Crippen molar-refractivity contribution in [1.29, 1.82) is 0 Å². The number of benzene rings is 3. The van der Waals surface area contributed by atoms with Gasteiger partial charge in [0, 0.05) is 24.7 Å². The molecular formula is C19H16Cl2O5S2. The Kier molecular flexibility index (Phi) is 6.24. The van der Waals surface area contributed by atoms with Crippen LogP contribution in [-0.2, 0) is 14.0 Å². The van der Waals surface area contributed by atoms with Gasteiger partial charge in [0.05, 0.1) is 7.11 Å². The van der Waals surface area contributed by atoms with E-state index < -0.39 is 20.7 Å². The van der Waals surface area contributed by atoms with Crippen LogP contribution in [0.2, 0.25) is 10.0 Å². The molecule has 5 nitrogen and oxygen atoms in total. The largest absolute Gasteiger partial charge is 0.497 e. The van der Waals surface area contributed by atoms with Crippen molar-refractivity contribution < 1.29 is 21.3 Å². The monoisotopic (exact) mass is 458 g/mol. The number of halogens is 2. The SMILES string of the molecule is COc1ccc(S(OS(=O)(=O)O)(c2ccc(Cl)cc2)c2ccc(Cl)cc2)cc1. The van der Waals surface area contributed by atoms with E-state index in [9.17, 15) is 13.0 Å². The fraction of sp³-hybridized carbons (Fsp3) is 0.0526. The third-order valence-electron chi connectivity index (χ3n) is 3.87. The van der Waals surface area contributed by atoms with Crippen LogP contribution in [0.15, 0.2) is 87.5 Å². The summed E-state index contributed by atoms with van der Waals surface area (Å²) in [7, 11) is -6.15. The van der Waals surface area contributed by atoms with E-state index in [0.717, 1.165) is 0 Å². The Morgan fingerprint density at radius 1 is 0.714 bits per heavy atom. The van der Waals surface area contributed by atoms with Gasteiger partial charge < -0.3 is 4.74 Å². The van der Waals surface area contributed by atoms with Crippen molar-refractivity contribution in [3.8, 4) is 5.75 Å². The van der Waals surface area contributed by atoms with Crippen molar-refractivity contribution in [3.63, 3.8) is 0 Å². The summed E-state index contributed by atoms with van der Waals surface area (Å²) in [5.41, 5.74) is 0. The molecule has 0 aliphatic heterocycles. The van der Waals surface area contributed by atoms with Gasteiger partial charge in [0.2, 0.25) is 0 Å². The summed E-state index contributed by atoms with van der Waals surface area (Å²) < 4.78 is 44.1. The summed E-state index contributed by atoms with van der Waals surface area (Å²) in [4.78, 5) is 1.60. The van der Waals surface area contributed by atoms with E-state index in [0.29, 0.717) is 30.5 Å². The molecule has 3 aromatic carbocycles. The molecule has 148 valence electrons. The van der Waals surface area contributed by atoms with Crippen LogP contribution < -0.4 is 4.74 Å². The summed E-state index contributed by atoms with van der Waals surface area (Å²) in [6.07, 6.45) is 0. The van der Waals surface area contributed by atoms with Crippen molar-refractivity contribution in [2.45, 2.75) is 14.7 Å². The molecule has 0 saturated heterocycles. The van der Waals surface area contributed by atoms with Crippen LogP contribution in [0.3, 0.4) is 0 Å². The summed E-state index contributed by atoms with van der Waals surface area (Å²) in [5, 5.41) is 0.962. The Balaban J connectivity index is 2.35. The molecule has 0 spiro atoms. The van der Waals surface area contributed by atoms with Crippen molar-refractivity contribution in [1.82, 2.24) is 0 Å². The van der Waals surface area contributed by atoms with Gasteiger partial charge in [-0.2, -0.15) is 12.0 Å². The Morgan fingerprint density at radius 3 is 1.39 bits per heavy atom. The van der Waals surface area contributed by atoms with E-state index >= 15 is 0 Å². The van der Waals surface area contributed by atoms with Gasteiger partial charge in [0.25, 0.3) is 0 Å². The Bertz CT molecular complexity index is 1010. The Morgan fingerprint density at radius 2 is 1.07 bits per heavy atom. The fourth-order valence-corrected chi connectivity index (χ4v) is 7.28. The third kappa shape index (κ3) is 4.46. The van der Waals surface area contributed by atoms with E-state index in [1.807, 2.05) is 0 Å². The maximum atomic E-state index is 11.9. The molecule has 0 bridgehead atoms. The lowest BCUT2D eigenvalue weighted by atomic mass is 10.3. The average Bonchev–Trinajstić information content (AvgIpc) is 2.67. The minimum Gasteiger partial charge on any atom is -0.497 e. The number of ether oxygens (including phenoxy) is 1. The maximum absolute atomic E-state index is 11.9. The van der Waals surface area contributed by atoms with Gasteiger partial charge in [0.1, 0.15) is 5.75 Å². The van der Waals surface area contributed by atoms with Gasteiger partial charge >= 0.3 is 10.4 Å². The minimum atomic E-state index is -4.82. The Labute approximate surface area is 175 Å². The lowest BCUT2D eigenvalue weighted by Crippen LogP contribution is -2.13. The molecule has 0 amide bonds. The number of hydrogen-bond donors (Lipinski definition) is 1. The molecule has 0 aliphatic rings. The predicted molar refractivity (Wildman–Crippen MR) is 111 cm³/mol. The standard InChI is InChI=1S/C19H16Cl2O5S2/c1-25-16-6-12-19(13-7-16)27(26-28(22,23)24,17-8-2-14(20)3-9-17)18-10-4-15(21)5-11-18/h2-13H,1H3,(H,22,23,24). The first-order valence-corrected chi connectivity index (χ1v) is 11.6. The summed E-state index contributed by atoms with van der Waals surface area (Å²) in [6, 6.07) is 20.0. The highest BCUT2D eigenvalue weighted by molar-refractivity contribution is 8.32. The second kappa shape index (κ2) is 8.32. The van der Waals surface area contributed by atoms with E-state index in [-0.39, 0.29) is 0 Å². The van der Waals surface area contributed by atoms with E-state index in [4.69, 9.17) is 31.6 Å². The molecule has 0 fully saturated rings. The van der Waals surface area contributed by atoms with E-state index in [1.165, 1.54) is 7.11 Å². The smallest absolute Gasteiger partial charge is 0.407 e. The molecule has 0 heterocycles.